The number of nitrogens with zero attached hydrogens (tertiary/aromatic N) is 1. The number of allylic oxidation sites excluding steroid dienone is 2. The summed E-state index contributed by atoms with van der Waals surface area (Å²) in [6.07, 6.45) is 3.14. The van der Waals surface area contributed by atoms with Gasteiger partial charge in [-0.15, -0.1) is 0 Å². The zero-order valence-electron chi connectivity index (χ0n) is 9.76. The molecule has 0 spiro atoms. The lowest BCUT2D eigenvalue weighted by Crippen LogP contribution is -2.38. The average molecular weight is 329 g/mol. The Morgan fingerprint density at radius 3 is 2.16 bits per heavy atom. The Balaban J connectivity index is 1.99. The van der Waals surface area contributed by atoms with Gasteiger partial charge in [0.25, 0.3) is 0 Å². The second-order valence-corrected chi connectivity index (χ2v) is 6.82. The summed E-state index contributed by atoms with van der Waals surface area (Å²) in [5.74, 6) is -1.30. The highest BCUT2D eigenvalue weighted by Gasteiger charge is 2.47. The molecule has 0 aromatic heterocycles. The summed E-state index contributed by atoms with van der Waals surface area (Å²) in [5, 5.41) is 9.40. The van der Waals surface area contributed by atoms with Gasteiger partial charge in [0.05, 0.1) is 11.8 Å². The number of imide groups is 1. The minimum Gasteiger partial charge on any atom is -0.364 e. The van der Waals surface area contributed by atoms with E-state index < -0.39 is 16.8 Å². The lowest BCUT2D eigenvalue weighted by molar-refractivity contribution is -0.161. The summed E-state index contributed by atoms with van der Waals surface area (Å²) < 4.78 is 2.83. The standard InChI is InChI=1S/C11H12Cl3NO4/c12-11(13,14)10(18)19-5-15-8(16)6-3-1-2-4-7(6)9(15)17/h1-2,6-7,10,18H,3-5H2/t6-,7-,10+/m1/s1. The maximum absolute atomic E-state index is 12.0. The largest absolute Gasteiger partial charge is 0.364 e. The van der Waals surface area contributed by atoms with Crippen molar-refractivity contribution in [2.75, 3.05) is 6.73 Å². The SMILES string of the molecule is O=C1[C@@H]2CC=CC[C@H]2C(=O)N1CO[C@H](O)C(Cl)(Cl)Cl. The molecule has 0 unspecified atom stereocenters. The maximum atomic E-state index is 12.0. The topological polar surface area (TPSA) is 66.8 Å². The molecule has 106 valence electrons. The number of likely N-dealkylation sites (tertiary alicyclic amines) is 1. The summed E-state index contributed by atoms with van der Waals surface area (Å²) in [6, 6.07) is 0. The van der Waals surface area contributed by atoms with Crippen LogP contribution in [0.1, 0.15) is 12.8 Å². The normalized spacial score (nSPS) is 28.7. The van der Waals surface area contributed by atoms with Crippen LogP contribution in [0.5, 0.6) is 0 Å². The predicted molar refractivity (Wildman–Crippen MR) is 69.5 cm³/mol. The van der Waals surface area contributed by atoms with Gasteiger partial charge in [-0.25, -0.2) is 0 Å². The van der Waals surface area contributed by atoms with Crippen molar-refractivity contribution in [3.8, 4) is 0 Å². The molecular weight excluding hydrogens is 316 g/mol. The second kappa shape index (κ2) is 5.58. The van der Waals surface area contributed by atoms with Crippen molar-refractivity contribution in [2.24, 2.45) is 11.8 Å². The molecule has 0 aromatic carbocycles. The molecule has 0 aromatic rings. The molecule has 0 saturated carbocycles. The Hall–Kier alpha value is -0.330. The van der Waals surface area contributed by atoms with E-state index in [9.17, 15) is 14.7 Å². The van der Waals surface area contributed by atoms with Crippen LogP contribution in [0.4, 0.5) is 0 Å². The van der Waals surface area contributed by atoms with Gasteiger partial charge in [0, 0.05) is 0 Å². The molecule has 1 saturated heterocycles. The number of alkyl halides is 3. The van der Waals surface area contributed by atoms with E-state index in [0.29, 0.717) is 12.8 Å². The number of hydrogen-bond acceptors (Lipinski definition) is 4. The van der Waals surface area contributed by atoms with Crippen LogP contribution in [0.15, 0.2) is 12.2 Å². The first-order chi connectivity index (χ1) is 8.82. The minimum atomic E-state index is -2.03. The highest BCUT2D eigenvalue weighted by atomic mass is 35.6. The number of carbonyl (C=O) groups excluding carboxylic acids is 2. The zero-order valence-corrected chi connectivity index (χ0v) is 12.0. The lowest BCUT2D eigenvalue weighted by atomic mass is 9.85. The summed E-state index contributed by atoms with van der Waals surface area (Å²) in [4.78, 5) is 25.0. The monoisotopic (exact) mass is 327 g/mol. The number of amides is 2. The highest BCUT2D eigenvalue weighted by molar-refractivity contribution is 6.67. The number of aliphatic hydroxyl groups excluding tert-OH is 1. The molecule has 2 amide bonds. The van der Waals surface area contributed by atoms with Crippen LogP contribution in [0.2, 0.25) is 0 Å². The molecular formula is C11H12Cl3NO4. The first kappa shape index (κ1) is 15.1. The zero-order chi connectivity index (χ0) is 14.2. The summed E-state index contributed by atoms with van der Waals surface area (Å²) >= 11 is 16.3. The van der Waals surface area contributed by atoms with Gasteiger partial charge in [0.1, 0.15) is 6.73 Å². The molecule has 1 aliphatic carbocycles. The predicted octanol–water partition coefficient (Wildman–Crippen LogP) is 1.60. The van der Waals surface area contributed by atoms with Crippen molar-refractivity contribution in [1.82, 2.24) is 4.90 Å². The number of halogens is 3. The Morgan fingerprint density at radius 2 is 1.74 bits per heavy atom. The number of ether oxygens (including phenoxy) is 1. The van der Waals surface area contributed by atoms with Gasteiger partial charge in [-0.1, -0.05) is 47.0 Å². The van der Waals surface area contributed by atoms with Crippen LogP contribution in [0, 0.1) is 11.8 Å². The smallest absolute Gasteiger partial charge is 0.240 e. The molecule has 3 atom stereocenters. The van der Waals surface area contributed by atoms with Gasteiger partial charge in [-0.05, 0) is 12.8 Å². The fraction of sp³-hybridized carbons (Fsp3) is 0.636. The van der Waals surface area contributed by atoms with E-state index in [1.54, 1.807) is 0 Å². The number of hydrogen-bond donors (Lipinski definition) is 1. The van der Waals surface area contributed by atoms with Crippen LogP contribution < -0.4 is 0 Å². The summed E-state index contributed by atoms with van der Waals surface area (Å²) in [5.41, 5.74) is 0. The highest BCUT2D eigenvalue weighted by Crippen LogP contribution is 2.36. The first-order valence-electron chi connectivity index (χ1n) is 5.69. The third-order valence-corrected chi connectivity index (χ3v) is 3.80. The van der Waals surface area contributed by atoms with E-state index in [2.05, 4.69) is 0 Å². The summed E-state index contributed by atoms with van der Waals surface area (Å²) in [6.45, 7) is -0.417. The van der Waals surface area contributed by atoms with Crippen molar-refractivity contribution in [1.29, 1.82) is 0 Å². The van der Waals surface area contributed by atoms with E-state index in [-0.39, 0.29) is 23.7 Å². The maximum Gasteiger partial charge on any atom is 0.240 e. The van der Waals surface area contributed by atoms with Gasteiger partial charge < -0.3 is 9.84 Å². The van der Waals surface area contributed by atoms with Gasteiger partial charge >= 0.3 is 0 Å². The Labute approximate surface area is 125 Å². The molecule has 1 N–H and O–H groups in total. The molecule has 5 nitrogen and oxygen atoms in total. The van der Waals surface area contributed by atoms with E-state index in [1.165, 1.54) is 0 Å². The molecule has 0 bridgehead atoms. The van der Waals surface area contributed by atoms with E-state index >= 15 is 0 Å². The number of rotatable bonds is 3. The fourth-order valence-electron chi connectivity index (χ4n) is 2.24. The van der Waals surface area contributed by atoms with Gasteiger partial charge in [-0.3, -0.25) is 14.5 Å². The molecule has 19 heavy (non-hydrogen) atoms. The van der Waals surface area contributed by atoms with Crippen LogP contribution in [-0.4, -0.2) is 38.6 Å². The van der Waals surface area contributed by atoms with Crippen LogP contribution in [-0.2, 0) is 14.3 Å². The number of aliphatic hydroxyl groups is 1. The third-order valence-electron chi connectivity index (χ3n) is 3.24. The second-order valence-electron chi connectivity index (χ2n) is 4.45. The molecule has 1 aliphatic heterocycles. The van der Waals surface area contributed by atoms with Crippen LogP contribution in [0.25, 0.3) is 0 Å². The average Bonchev–Trinajstić information content (AvgIpc) is 2.59. The van der Waals surface area contributed by atoms with Crippen LogP contribution >= 0.6 is 34.8 Å². The first-order valence-corrected chi connectivity index (χ1v) is 6.82. The lowest BCUT2D eigenvalue weighted by Gasteiger charge is -2.22. The van der Waals surface area contributed by atoms with E-state index in [4.69, 9.17) is 39.5 Å². The Bertz CT molecular complexity index is 395. The molecule has 1 heterocycles. The van der Waals surface area contributed by atoms with E-state index in [0.717, 1.165) is 4.90 Å². The minimum absolute atomic E-state index is 0.309. The van der Waals surface area contributed by atoms with Crippen molar-refractivity contribution in [2.45, 2.75) is 22.9 Å². The van der Waals surface area contributed by atoms with Crippen molar-refractivity contribution in [3.63, 3.8) is 0 Å². The molecule has 2 aliphatic rings. The fourth-order valence-corrected chi connectivity index (χ4v) is 2.42. The van der Waals surface area contributed by atoms with Gasteiger partial charge in [-0.2, -0.15) is 0 Å². The van der Waals surface area contributed by atoms with Crippen molar-refractivity contribution < 1.29 is 19.4 Å². The van der Waals surface area contributed by atoms with Gasteiger partial charge in [0.2, 0.25) is 21.9 Å². The van der Waals surface area contributed by atoms with Crippen molar-refractivity contribution in [3.05, 3.63) is 12.2 Å². The van der Waals surface area contributed by atoms with Gasteiger partial charge in [0.15, 0.2) is 0 Å². The third kappa shape index (κ3) is 3.06. The number of carbonyl (C=O) groups is 2. The molecule has 1 fully saturated rings. The Morgan fingerprint density at radius 1 is 1.26 bits per heavy atom. The number of fused-ring (bicyclic) bond motifs is 1. The quantitative estimate of drug-likeness (QED) is 0.370. The van der Waals surface area contributed by atoms with Crippen molar-refractivity contribution >= 4 is 46.6 Å². The van der Waals surface area contributed by atoms with Crippen LogP contribution in [0.3, 0.4) is 0 Å². The van der Waals surface area contributed by atoms with E-state index in [1.807, 2.05) is 12.2 Å². The molecule has 2 rings (SSSR count). The molecule has 0 radical (unpaired) electrons. The summed E-state index contributed by atoms with van der Waals surface area (Å²) in [7, 11) is 0. The molecule has 8 heteroatoms. The Kier molecular flexibility index (Phi) is 4.42.